The molecule has 1 amide bonds. The van der Waals surface area contributed by atoms with E-state index in [9.17, 15) is 9.90 Å². The van der Waals surface area contributed by atoms with Crippen LogP contribution in [0, 0.1) is 0 Å². The van der Waals surface area contributed by atoms with Crippen molar-refractivity contribution in [2.45, 2.75) is 38.8 Å². The summed E-state index contributed by atoms with van der Waals surface area (Å²) in [7, 11) is 0. The molecule has 1 heterocycles. The second kappa shape index (κ2) is 5.87. The molecule has 1 aromatic carbocycles. The number of carbonyl (C=O) groups is 1. The molecule has 1 aliphatic heterocycles. The van der Waals surface area contributed by atoms with Crippen LogP contribution >= 0.6 is 0 Å². The molecule has 0 aliphatic carbocycles. The number of benzene rings is 1. The topological polar surface area (TPSA) is 43.8 Å². The molecule has 18 heavy (non-hydrogen) atoms. The van der Waals surface area contributed by atoms with Gasteiger partial charge in [-0.1, -0.05) is 36.8 Å². The molecule has 1 unspecified atom stereocenters. The average Bonchev–Trinajstić information content (AvgIpc) is 2.38. The van der Waals surface area contributed by atoms with Gasteiger partial charge in [0.2, 0.25) is 0 Å². The Morgan fingerprint density at radius 3 is 2.72 bits per heavy atom. The Bertz CT molecular complexity index is 394. The Hall–Kier alpha value is -1.55. The lowest BCUT2D eigenvalue weighted by molar-refractivity contribution is -0.0588. The molecule has 1 aliphatic rings. The summed E-state index contributed by atoms with van der Waals surface area (Å²) in [5.74, 6) is 0. The molecule has 1 fully saturated rings. The number of hydrogen-bond acceptors (Lipinski definition) is 2. The summed E-state index contributed by atoms with van der Waals surface area (Å²) in [5, 5.41) is 12.8. The highest BCUT2D eigenvalue weighted by atomic mass is 16.4. The second-order valence-corrected chi connectivity index (χ2v) is 4.83. The largest absolute Gasteiger partial charge is 0.464 e. The highest BCUT2D eigenvalue weighted by molar-refractivity contribution is 5.64. The van der Waals surface area contributed by atoms with E-state index in [1.807, 2.05) is 35.3 Å². The predicted octanol–water partition coefficient (Wildman–Crippen LogP) is 2.96. The van der Waals surface area contributed by atoms with Gasteiger partial charge in [-0.15, -0.1) is 0 Å². The summed E-state index contributed by atoms with van der Waals surface area (Å²) in [6, 6.07) is 10.1. The molecule has 0 saturated carbocycles. The van der Waals surface area contributed by atoms with E-state index in [4.69, 9.17) is 0 Å². The van der Waals surface area contributed by atoms with Gasteiger partial charge in [0, 0.05) is 12.6 Å². The molecule has 4 heteroatoms. The van der Waals surface area contributed by atoms with Crippen molar-refractivity contribution >= 4 is 6.09 Å². The Kier molecular flexibility index (Phi) is 4.20. The maximum Gasteiger partial charge on any atom is 0.422 e. The van der Waals surface area contributed by atoms with Gasteiger partial charge in [0.15, 0.2) is 0 Å². The van der Waals surface area contributed by atoms with Crippen molar-refractivity contribution in [3.8, 4) is 0 Å². The number of nitrogens with zero attached hydrogens (tertiary/aromatic N) is 2. The first kappa shape index (κ1) is 12.9. The van der Waals surface area contributed by atoms with E-state index in [1.165, 1.54) is 11.4 Å². The fourth-order valence-corrected chi connectivity index (χ4v) is 2.47. The summed E-state index contributed by atoms with van der Waals surface area (Å²) < 4.78 is 0. The van der Waals surface area contributed by atoms with Crippen LogP contribution < -0.4 is 0 Å². The lowest BCUT2D eigenvalue weighted by Gasteiger charge is -2.40. The lowest BCUT2D eigenvalue weighted by atomic mass is 10.1. The summed E-state index contributed by atoms with van der Waals surface area (Å²) in [5.41, 5.74) is 1.03. The van der Waals surface area contributed by atoms with E-state index < -0.39 is 6.09 Å². The van der Waals surface area contributed by atoms with E-state index >= 15 is 0 Å². The minimum atomic E-state index is -0.868. The Balaban J connectivity index is 2.10. The van der Waals surface area contributed by atoms with Crippen LogP contribution in [0.5, 0.6) is 0 Å². The van der Waals surface area contributed by atoms with Gasteiger partial charge in [-0.3, -0.25) is 0 Å². The standard InChI is InChI=1S/C14H20N2O2/c1-12-7-5-6-10-15(12)16(14(17)18)11-13-8-3-2-4-9-13/h2-4,8-9,12H,5-7,10-11H2,1H3,(H,17,18). The third kappa shape index (κ3) is 3.01. The van der Waals surface area contributed by atoms with Gasteiger partial charge >= 0.3 is 6.09 Å². The highest BCUT2D eigenvalue weighted by Gasteiger charge is 2.27. The number of hydrogen-bond donors (Lipinski definition) is 1. The molecule has 98 valence electrons. The van der Waals surface area contributed by atoms with Crippen LogP contribution in [0.3, 0.4) is 0 Å². The molecular weight excluding hydrogens is 228 g/mol. The quantitative estimate of drug-likeness (QED) is 0.894. The van der Waals surface area contributed by atoms with E-state index in [1.54, 1.807) is 0 Å². The number of piperidine rings is 1. The SMILES string of the molecule is CC1CCCCN1N(Cc1ccccc1)C(=O)O. The van der Waals surface area contributed by atoms with Crippen molar-refractivity contribution in [2.75, 3.05) is 6.54 Å². The van der Waals surface area contributed by atoms with E-state index in [0.29, 0.717) is 12.6 Å². The van der Waals surface area contributed by atoms with Gasteiger partial charge < -0.3 is 5.11 Å². The third-order valence-corrected chi connectivity index (χ3v) is 3.47. The Morgan fingerprint density at radius 2 is 2.11 bits per heavy atom. The van der Waals surface area contributed by atoms with Crippen molar-refractivity contribution in [2.24, 2.45) is 0 Å². The number of carboxylic acid groups (broad SMARTS) is 1. The molecule has 1 aromatic rings. The number of rotatable bonds is 3. The maximum absolute atomic E-state index is 11.4. The van der Waals surface area contributed by atoms with Crippen LogP contribution in [-0.2, 0) is 6.54 Å². The zero-order valence-corrected chi connectivity index (χ0v) is 10.7. The molecule has 0 spiro atoms. The third-order valence-electron chi connectivity index (χ3n) is 3.47. The molecular formula is C14H20N2O2. The van der Waals surface area contributed by atoms with Gasteiger partial charge in [-0.25, -0.2) is 14.8 Å². The van der Waals surface area contributed by atoms with Gasteiger partial charge in [-0.2, -0.15) is 0 Å². The summed E-state index contributed by atoms with van der Waals surface area (Å²) in [6.45, 7) is 3.36. The van der Waals surface area contributed by atoms with Crippen molar-refractivity contribution in [1.29, 1.82) is 0 Å². The first-order chi connectivity index (χ1) is 8.68. The number of amides is 1. The molecule has 0 bridgehead atoms. The molecule has 0 radical (unpaired) electrons. The maximum atomic E-state index is 11.4. The molecule has 4 nitrogen and oxygen atoms in total. The molecule has 1 N–H and O–H groups in total. The van der Waals surface area contributed by atoms with Crippen molar-refractivity contribution in [3.05, 3.63) is 35.9 Å². The van der Waals surface area contributed by atoms with Gasteiger partial charge in [-0.05, 0) is 25.3 Å². The molecule has 1 atom stereocenters. The summed E-state index contributed by atoms with van der Waals surface area (Å²) >= 11 is 0. The molecule has 2 rings (SSSR count). The summed E-state index contributed by atoms with van der Waals surface area (Å²) in [6.07, 6.45) is 2.46. The minimum absolute atomic E-state index is 0.304. The molecule has 0 aromatic heterocycles. The zero-order chi connectivity index (χ0) is 13.0. The monoisotopic (exact) mass is 248 g/mol. The Morgan fingerprint density at radius 1 is 1.39 bits per heavy atom. The fraction of sp³-hybridized carbons (Fsp3) is 0.500. The van der Waals surface area contributed by atoms with Gasteiger partial charge in [0.25, 0.3) is 0 Å². The fourth-order valence-electron chi connectivity index (χ4n) is 2.47. The molecule has 1 saturated heterocycles. The van der Waals surface area contributed by atoms with Crippen LogP contribution in [0.4, 0.5) is 4.79 Å². The Labute approximate surface area is 108 Å². The van der Waals surface area contributed by atoms with Gasteiger partial charge in [0.05, 0.1) is 6.54 Å². The average molecular weight is 248 g/mol. The second-order valence-electron chi connectivity index (χ2n) is 4.83. The number of hydrazine groups is 1. The van der Waals surface area contributed by atoms with E-state index in [-0.39, 0.29) is 0 Å². The minimum Gasteiger partial charge on any atom is -0.464 e. The van der Waals surface area contributed by atoms with Crippen molar-refractivity contribution in [1.82, 2.24) is 10.0 Å². The first-order valence-corrected chi connectivity index (χ1v) is 6.49. The van der Waals surface area contributed by atoms with Crippen LogP contribution in [0.2, 0.25) is 0 Å². The van der Waals surface area contributed by atoms with Gasteiger partial charge in [0.1, 0.15) is 0 Å². The van der Waals surface area contributed by atoms with E-state index in [2.05, 4.69) is 6.92 Å². The van der Waals surface area contributed by atoms with E-state index in [0.717, 1.165) is 24.9 Å². The van der Waals surface area contributed by atoms with Crippen molar-refractivity contribution in [3.63, 3.8) is 0 Å². The van der Waals surface area contributed by atoms with Crippen LogP contribution in [0.1, 0.15) is 31.7 Å². The zero-order valence-electron chi connectivity index (χ0n) is 10.7. The lowest BCUT2D eigenvalue weighted by Crippen LogP contribution is -2.51. The smallest absolute Gasteiger partial charge is 0.422 e. The predicted molar refractivity (Wildman–Crippen MR) is 70.0 cm³/mol. The van der Waals surface area contributed by atoms with Crippen LogP contribution in [-0.4, -0.2) is 33.8 Å². The first-order valence-electron chi connectivity index (χ1n) is 6.49. The summed E-state index contributed by atoms with van der Waals surface area (Å²) in [4.78, 5) is 11.4. The van der Waals surface area contributed by atoms with Crippen molar-refractivity contribution < 1.29 is 9.90 Å². The normalized spacial score (nSPS) is 20.6. The highest BCUT2D eigenvalue weighted by Crippen LogP contribution is 2.20. The van der Waals surface area contributed by atoms with Crippen LogP contribution in [0.15, 0.2) is 30.3 Å². The van der Waals surface area contributed by atoms with Crippen LogP contribution in [0.25, 0.3) is 0 Å².